The van der Waals surface area contributed by atoms with Gasteiger partial charge in [-0.2, -0.15) is 10.1 Å². The highest BCUT2D eigenvalue weighted by atomic mass is 16.1. The molecule has 0 spiro atoms. The molecule has 1 aliphatic carbocycles. The maximum atomic E-state index is 13.0. The van der Waals surface area contributed by atoms with E-state index in [0.29, 0.717) is 5.95 Å². The molecule has 4 aromatic rings. The third kappa shape index (κ3) is 4.12. The average molecular weight is 470 g/mol. The maximum absolute atomic E-state index is 13.0. The molecule has 8 nitrogen and oxygen atoms in total. The molecule has 0 atom stereocenters. The molecule has 3 aromatic heterocycles. The summed E-state index contributed by atoms with van der Waals surface area (Å²) in [6.45, 7) is 7.33. The van der Waals surface area contributed by atoms with E-state index < -0.39 is 0 Å². The Morgan fingerprint density at radius 1 is 1.14 bits per heavy atom. The Morgan fingerprint density at radius 2 is 1.94 bits per heavy atom. The van der Waals surface area contributed by atoms with Crippen LogP contribution in [0.4, 0.5) is 11.6 Å². The molecule has 180 valence electrons. The maximum Gasteiger partial charge on any atom is 0.229 e. The van der Waals surface area contributed by atoms with Crippen LogP contribution in [-0.2, 0) is 13.6 Å². The zero-order valence-corrected chi connectivity index (χ0v) is 20.6. The van der Waals surface area contributed by atoms with E-state index in [1.807, 2.05) is 36.9 Å². The molecule has 0 radical (unpaired) electrons. The first-order valence-corrected chi connectivity index (χ1v) is 12.5. The van der Waals surface area contributed by atoms with Crippen molar-refractivity contribution in [2.45, 2.75) is 46.1 Å². The standard InChI is InChI=1S/C27H31N7O/c1-17-20(15-33-12-4-5-13-33)16-34(31-17)24-10-11-28-27(30-24)29-21-8-9-23-22(14-21)25(18(2)32(23)3)26(35)19-6-7-19/h8-11,14,16,19H,4-7,12-13,15H2,1-3H3,(H,28,29,30). The van der Waals surface area contributed by atoms with Crippen molar-refractivity contribution in [3.63, 3.8) is 0 Å². The van der Waals surface area contributed by atoms with Gasteiger partial charge in [-0.05, 0) is 70.8 Å². The van der Waals surface area contributed by atoms with Crippen molar-refractivity contribution in [3.8, 4) is 5.82 Å². The Labute approximate surface area is 205 Å². The van der Waals surface area contributed by atoms with Crippen LogP contribution in [0.3, 0.4) is 0 Å². The van der Waals surface area contributed by atoms with Crippen molar-refractivity contribution in [1.29, 1.82) is 0 Å². The van der Waals surface area contributed by atoms with Crippen molar-refractivity contribution >= 4 is 28.3 Å². The number of ketones is 1. The molecule has 1 aliphatic heterocycles. The lowest BCUT2D eigenvalue weighted by atomic mass is 10.0. The van der Waals surface area contributed by atoms with Crippen molar-refractivity contribution < 1.29 is 4.79 Å². The summed E-state index contributed by atoms with van der Waals surface area (Å²) in [6, 6.07) is 7.97. The van der Waals surface area contributed by atoms with Gasteiger partial charge in [0.2, 0.25) is 5.95 Å². The fourth-order valence-electron chi connectivity index (χ4n) is 5.13. The van der Waals surface area contributed by atoms with E-state index in [-0.39, 0.29) is 11.7 Å². The number of aryl methyl sites for hydroxylation is 2. The van der Waals surface area contributed by atoms with Crippen LogP contribution < -0.4 is 5.32 Å². The van der Waals surface area contributed by atoms with Gasteiger partial charge in [0, 0.05) is 71.4 Å². The molecule has 0 bridgehead atoms. The van der Waals surface area contributed by atoms with Gasteiger partial charge < -0.3 is 9.88 Å². The lowest BCUT2D eigenvalue weighted by Gasteiger charge is -2.13. The summed E-state index contributed by atoms with van der Waals surface area (Å²) in [5.74, 6) is 1.67. The number of carbonyl (C=O) groups excluding carboxylic acids is 1. The average Bonchev–Trinajstić information content (AvgIpc) is 3.38. The quantitative estimate of drug-likeness (QED) is 0.395. The van der Waals surface area contributed by atoms with Crippen LogP contribution in [0.2, 0.25) is 0 Å². The highest BCUT2D eigenvalue weighted by Crippen LogP contribution is 2.37. The number of hydrogen-bond donors (Lipinski definition) is 1. The first kappa shape index (κ1) is 22.0. The highest BCUT2D eigenvalue weighted by Gasteiger charge is 2.33. The van der Waals surface area contributed by atoms with Crippen molar-refractivity contribution in [2.24, 2.45) is 13.0 Å². The van der Waals surface area contributed by atoms with Crippen LogP contribution in [0.5, 0.6) is 0 Å². The third-order valence-corrected chi connectivity index (χ3v) is 7.41. The number of aromatic nitrogens is 5. The van der Waals surface area contributed by atoms with Crippen LogP contribution in [-0.4, -0.2) is 48.1 Å². The van der Waals surface area contributed by atoms with E-state index in [2.05, 4.69) is 39.0 Å². The van der Waals surface area contributed by atoms with E-state index in [0.717, 1.165) is 71.8 Å². The second-order valence-corrected chi connectivity index (χ2v) is 9.92. The number of fused-ring (bicyclic) bond motifs is 1. The molecule has 35 heavy (non-hydrogen) atoms. The zero-order chi connectivity index (χ0) is 24.1. The van der Waals surface area contributed by atoms with Gasteiger partial charge in [0.1, 0.15) is 0 Å². The van der Waals surface area contributed by atoms with Crippen LogP contribution in [0.25, 0.3) is 16.7 Å². The topological polar surface area (TPSA) is 80.9 Å². The summed E-state index contributed by atoms with van der Waals surface area (Å²) in [5.41, 5.74) is 6.05. The van der Waals surface area contributed by atoms with Crippen LogP contribution in [0.1, 0.15) is 53.0 Å². The molecule has 1 saturated heterocycles. The summed E-state index contributed by atoms with van der Waals surface area (Å²) in [7, 11) is 2.02. The first-order valence-electron chi connectivity index (χ1n) is 12.5. The van der Waals surface area contributed by atoms with E-state index in [1.165, 1.54) is 18.4 Å². The van der Waals surface area contributed by atoms with Gasteiger partial charge in [-0.3, -0.25) is 9.69 Å². The predicted molar refractivity (Wildman–Crippen MR) is 136 cm³/mol. The minimum Gasteiger partial charge on any atom is -0.347 e. The normalized spacial score (nSPS) is 16.3. The van der Waals surface area contributed by atoms with Crippen molar-refractivity contribution in [1.82, 2.24) is 29.2 Å². The van der Waals surface area contributed by atoms with Crippen LogP contribution in [0, 0.1) is 19.8 Å². The van der Waals surface area contributed by atoms with Gasteiger partial charge >= 0.3 is 0 Å². The van der Waals surface area contributed by atoms with Gasteiger partial charge in [-0.15, -0.1) is 0 Å². The summed E-state index contributed by atoms with van der Waals surface area (Å²) in [5, 5.41) is 9.03. The summed E-state index contributed by atoms with van der Waals surface area (Å²) >= 11 is 0. The molecule has 1 saturated carbocycles. The fourth-order valence-corrected chi connectivity index (χ4v) is 5.13. The Balaban J connectivity index is 1.27. The number of Topliss-reactive ketones (excluding diaryl/α,β-unsaturated/α-hetero) is 1. The number of rotatable bonds is 7. The van der Waals surface area contributed by atoms with E-state index in [9.17, 15) is 4.79 Å². The van der Waals surface area contributed by atoms with Gasteiger partial charge in [-0.25, -0.2) is 9.67 Å². The number of anilines is 2. The monoisotopic (exact) mass is 469 g/mol. The van der Waals surface area contributed by atoms with E-state index >= 15 is 0 Å². The molecule has 6 rings (SSSR count). The summed E-state index contributed by atoms with van der Waals surface area (Å²) < 4.78 is 3.94. The van der Waals surface area contributed by atoms with Gasteiger partial charge in [-0.1, -0.05) is 0 Å². The Hall–Kier alpha value is -3.52. The molecular formula is C27H31N7O. The number of likely N-dealkylation sites (tertiary alicyclic amines) is 1. The molecule has 1 N–H and O–H groups in total. The smallest absolute Gasteiger partial charge is 0.229 e. The predicted octanol–water partition coefficient (Wildman–Crippen LogP) is 4.70. The molecule has 0 amide bonds. The molecular weight excluding hydrogens is 438 g/mol. The summed E-state index contributed by atoms with van der Waals surface area (Å²) in [4.78, 5) is 24.6. The third-order valence-electron chi connectivity index (χ3n) is 7.41. The number of nitrogens with zero attached hydrogens (tertiary/aromatic N) is 6. The molecule has 1 aromatic carbocycles. The first-order chi connectivity index (χ1) is 17.0. The molecule has 2 fully saturated rings. The van der Waals surface area contributed by atoms with Crippen molar-refractivity contribution in [3.05, 3.63) is 59.2 Å². The minimum atomic E-state index is 0.184. The second kappa shape index (κ2) is 8.61. The highest BCUT2D eigenvalue weighted by molar-refractivity contribution is 6.11. The van der Waals surface area contributed by atoms with Gasteiger partial charge in [0.15, 0.2) is 11.6 Å². The second-order valence-electron chi connectivity index (χ2n) is 9.92. The number of nitrogens with one attached hydrogen (secondary N) is 1. The number of benzene rings is 1. The molecule has 2 aliphatic rings. The van der Waals surface area contributed by atoms with Gasteiger partial charge in [0.05, 0.1) is 5.69 Å². The SMILES string of the molecule is Cc1nn(-c2ccnc(Nc3ccc4c(c3)c(C(=O)C3CC3)c(C)n4C)n2)cc1CN1CCCC1. The van der Waals surface area contributed by atoms with Gasteiger partial charge in [0.25, 0.3) is 0 Å². The Kier molecular flexibility index (Phi) is 5.40. The van der Waals surface area contributed by atoms with Crippen LogP contribution >= 0.6 is 0 Å². The summed E-state index contributed by atoms with van der Waals surface area (Å²) in [6.07, 6.45) is 8.38. The molecule has 4 heterocycles. The van der Waals surface area contributed by atoms with Crippen molar-refractivity contribution in [2.75, 3.05) is 18.4 Å². The number of hydrogen-bond acceptors (Lipinski definition) is 6. The van der Waals surface area contributed by atoms with E-state index in [4.69, 9.17) is 10.1 Å². The number of carbonyl (C=O) groups is 1. The Morgan fingerprint density at radius 3 is 2.71 bits per heavy atom. The Bertz CT molecular complexity index is 1420. The van der Waals surface area contributed by atoms with E-state index in [1.54, 1.807) is 6.20 Å². The lowest BCUT2D eigenvalue weighted by molar-refractivity contribution is 0.0968. The largest absolute Gasteiger partial charge is 0.347 e. The zero-order valence-electron chi connectivity index (χ0n) is 20.6. The van der Waals surface area contributed by atoms with Crippen LogP contribution in [0.15, 0.2) is 36.7 Å². The fraction of sp³-hybridized carbons (Fsp3) is 0.407. The lowest BCUT2D eigenvalue weighted by Crippen LogP contribution is -2.18. The molecule has 0 unspecified atom stereocenters. The minimum absolute atomic E-state index is 0.184. The molecule has 8 heteroatoms.